The summed E-state index contributed by atoms with van der Waals surface area (Å²) >= 11 is 15.6. The molecule has 0 aliphatic rings. The van der Waals surface area contributed by atoms with Crippen LogP contribution in [0.4, 0.5) is 20.5 Å². The summed E-state index contributed by atoms with van der Waals surface area (Å²) in [6.45, 7) is 2.46. The number of hydrogen-bond donors (Lipinski definition) is 1. The number of carbonyl (C=O) groups is 1. The van der Waals surface area contributed by atoms with Crippen molar-refractivity contribution in [2.45, 2.75) is 37.4 Å². The second-order valence-electron chi connectivity index (χ2n) is 9.87. The molecule has 1 aromatic heterocycles. The molecule has 0 saturated heterocycles. The standard InChI is InChI=1S/C29H25BrCl2F2N3O7PS/c1-4-43-27(38)17(2)37(45(39)40)29(33,34)22-11-5-18(13-23(22)30)16-36(20-8-12-24(31)25(32)14-20)28-35-15-26(44-28)19-6-9-21(10-7-19)46(3,41)42/h5-15,17H,4,16H2,1-3H3/p+1. The zero-order valence-corrected chi connectivity index (χ0v) is 29.1. The number of oxazole rings is 1. The normalized spacial score (nSPS) is 13.0. The summed E-state index contributed by atoms with van der Waals surface area (Å²) in [6.07, 6.45) is 2.55. The van der Waals surface area contributed by atoms with Crippen LogP contribution in [0.3, 0.4) is 0 Å². The smallest absolute Gasteiger partial charge is 0.465 e. The first-order valence-corrected chi connectivity index (χ1v) is 17.9. The van der Waals surface area contributed by atoms with Crippen LogP contribution in [0, 0.1) is 0 Å². The van der Waals surface area contributed by atoms with E-state index in [0.717, 1.165) is 19.2 Å². The van der Waals surface area contributed by atoms with Crippen LogP contribution < -0.4 is 4.90 Å². The van der Waals surface area contributed by atoms with Crippen LogP contribution in [-0.2, 0) is 36.5 Å². The van der Waals surface area contributed by atoms with Crippen molar-refractivity contribution in [3.8, 4) is 11.3 Å². The number of esters is 1. The van der Waals surface area contributed by atoms with Crippen molar-refractivity contribution in [2.75, 3.05) is 17.8 Å². The van der Waals surface area contributed by atoms with E-state index in [1.807, 2.05) is 0 Å². The molecule has 17 heteroatoms. The molecule has 10 nitrogen and oxygen atoms in total. The molecule has 46 heavy (non-hydrogen) atoms. The number of rotatable bonds is 12. The molecule has 0 aliphatic heterocycles. The zero-order chi connectivity index (χ0) is 34.0. The van der Waals surface area contributed by atoms with Crippen molar-refractivity contribution in [1.29, 1.82) is 0 Å². The van der Waals surface area contributed by atoms with Gasteiger partial charge in [-0.1, -0.05) is 45.2 Å². The summed E-state index contributed by atoms with van der Waals surface area (Å²) in [6, 6.07) is 8.97. The number of nitrogens with zero attached hydrogens (tertiary/aromatic N) is 3. The fraction of sp³-hybridized carbons (Fsp3) is 0.241. The minimum atomic E-state index is -4.06. The molecule has 1 N–H and O–H groups in total. The molecule has 1 heterocycles. The molecule has 4 aromatic rings. The maximum absolute atomic E-state index is 15.7. The van der Waals surface area contributed by atoms with Crippen LogP contribution >= 0.6 is 47.3 Å². The minimum Gasteiger partial charge on any atom is -0.465 e. The summed E-state index contributed by atoms with van der Waals surface area (Å²) in [5.41, 5.74) is 0.862. The first-order valence-electron chi connectivity index (χ1n) is 13.3. The van der Waals surface area contributed by atoms with Crippen molar-refractivity contribution in [3.05, 3.63) is 92.5 Å². The van der Waals surface area contributed by atoms with E-state index in [0.29, 0.717) is 27.6 Å². The van der Waals surface area contributed by atoms with Gasteiger partial charge in [-0.25, -0.2) is 13.4 Å². The number of halogens is 5. The van der Waals surface area contributed by atoms with Crippen molar-refractivity contribution >= 4 is 74.8 Å². The Kier molecular flexibility index (Phi) is 11.3. The highest BCUT2D eigenvalue weighted by atomic mass is 79.9. The van der Waals surface area contributed by atoms with Crippen LogP contribution in [0.2, 0.25) is 10.0 Å². The predicted molar refractivity (Wildman–Crippen MR) is 173 cm³/mol. The molecule has 3 aromatic carbocycles. The quantitative estimate of drug-likeness (QED) is 0.0855. The van der Waals surface area contributed by atoms with Crippen LogP contribution in [-0.4, -0.2) is 47.8 Å². The van der Waals surface area contributed by atoms with Gasteiger partial charge in [-0.15, -0.1) is 4.89 Å². The van der Waals surface area contributed by atoms with E-state index >= 15 is 8.78 Å². The lowest BCUT2D eigenvalue weighted by atomic mass is 10.1. The Morgan fingerprint density at radius 1 is 1.13 bits per heavy atom. The van der Waals surface area contributed by atoms with Crippen molar-refractivity contribution < 1.29 is 40.6 Å². The maximum Gasteiger partial charge on any atom is 0.620 e. The number of sulfone groups is 1. The third-order valence-electron chi connectivity index (χ3n) is 6.67. The summed E-state index contributed by atoms with van der Waals surface area (Å²) in [4.78, 5) is 28.1. The van der Waals surface area contributed by atoms with Gasteiger partial charge in [-0.05, 0) is 78.6 Å². The lowest BCUT2D eigenvalue weighted by Crippen LogP contribution is -2.45. The molecule has 0 saturated carbocycles. The van der Waals surface area contributed by atoms with E-state index in [1.165, 1.54) is 37.4 Å². The third-order valence-corrected chi connectivity index (χ3v) is 10.2. The van der Waals surface area contributed by atoms with Gasteiger partial charge in [0.05, 0.1) is 39.9 Å². The largest absolute Gasteiger partial charge is 0.620 e. The van der Waals surface area contributed by atoms with Crippen LogP contribution in [0.25, 0.3) is 11.3 Å². The van der Waals surface area contributed by atoms with Gasteiger partial charge in [0.1, 0.15) is 0 Å². The van der Waals surface area contributed by atoms with E-state index in [4.69, 9.17) is 32.4 Å². The number of carbonyl (C=O) groups excluding carboxylic acids is 1. The van der Waals surface area contributed by atoms with Gasteiger partial charge in [0.2, 0.25) is 0 Å². The van der Waals surface area contributed by atoms with Crippen LogP contribution in [0.1, 0.15) is 25.0 Å². The summed E-state index contributed by atoms with van der Waals surface area (Å²) in [5.74, 6) is -0.758. The highest BCUT2D eigenvalue weighted by Gasteiger charge is 2.57. The van der Waals surface area contributed by atoms with E-state index in [-0.39, 0.29) is 38.2 Å². The SMILES string of the molecule is CCOC(=O)C(C)N([P+](=O)O)C(F)(F)c1ccc(CN(c2ccc(Cl)c(Cl)c2)c2ncc(-c3ccc(S(C)(=O)=O)cc3)o2)cc1Br. The molecule has 0 aliphatic carbocycles. The monoisotopic (exact) mass is 778 g/mol. The Labute approximate surface area is 282 Å². The second kappa shape index (κ2) is 14.4. The fourth-order valence-corrected chi connectivity index (χ4v) is 6.68. The fourth-order valence-electron chi connectivity index (χ4n) is 4.38. The van der Waals surface area contributed by atoms with Gasteiger partial charge in [-0.2, -0.15) is 8.78 Å². The first-order chi connectivity index (χ1) is 21.5. The van der Waals surface area contributed by atoms with E-state index < -0.39 is 41.6 Å². The molecule has 0 bridgehead atoms. The van der Waals surface area contributed by atoms with E-state index in [9.17, 15) is 22.7 Å². The Balaban J connectivity index is 1.70. The van der Waals surface area contributed by atoms with Gasteiger partial charge in [0.25, 0.3) is 0 Å². The van der Waals surface area contributed by atoms with Crippen LogP contribution in [0.15, 0.2) is 80.6 Å². The number of hydrogen-bond acceptors (Lipinski definition) is 8. The van der Waals surface area contributed by atoms with Gasteiger partial charge in [0, 0.05) is 26.6 Å². The molecule has 2 atom stereocenters. The number of alkyl halides is 2. The highest BCUT2D eigenvalue weighted by Crippen LogP contribution is 2.46. The topological polar surface area (TPSA) is 130 Å². The van der Waals surface area contributed by atoms with Crippen molar-refractivity contribution in [2.24, 2.45) is 0 Å². The van der Waals surface area contributed by atoms with Gasteiger partial charge in [0.15, 0.2) is 21.6 Å². The molecule has 2 unspecified atom stereocenters. The second-order valence-corrected chi connectivity index (χ2v) is 14.5. The Hall–Kier alpha value is -2.97. The Morgan fingerprint density at radius 2 is 1.80 bits per heavy atom. The van der Waals surface area contributed by atoms with Gasteiger partial charge >= 0.3 is 26.2 Å². The van der Waals surface area contributed by atoms with Crippen LogP contribution in [0.5, 0.6) is 0 Å². The predicted octanol–water partition coefficient (Wildman–Crippen LogP) is 8.11. The minimum absolute atomic E-state index is 0.0204. The molecule has 0 amide bonds. The van der Waals surface area contributed by atoms with Crippen molar-refractivity contribution in [1.82, 2.24) is 9.65 Å². The molecular formula is C29H26BrCl2F2N3O7PS+. The number of benzene rings is 3. The molecule has 244 valence electrons. The van der Waals surface area contributed by atoms with Crippen molar-refractivity contribution in [3.63, 3.8) is 0 Å². The average Bonchev–Trinajstić information content (AvgIpc) is 3.47. The average molecular weight is 780 g/mol. The maximum atomic E-state index is 15.7. The van der Waals surface area contributed by atoms with E-state index in [1.54, 1.807) is 35.2 Å². The first kappa shape index (κ1) is 35.9. The number of aromatic nitrogens is 1. The lowest BCUT2D eigenvalue weighted by molar-refractivity contribution is -0.165. The number of ether oxygens (including phenoxy) is 1. The van der Waals surface area contributed by atoms with Gasteiger partial charge < -0.3 is 9.15 Å². The lowest BCUT2D eigenvalue weighted by Gasteiger charge is -2.26. The zero-order valence-electron chi connectivity index (χ0n) is 24.3. The summed E-state index contributed by atoms with van der Waals surface area (Å²) in [5, 5.41) is 0.528. The summed E-state index contributed by atoms with van der Waals surface area (Å²) < 4.78 is 77.7. The molecule has 4 rings (SSSR count). The van der Waals surface area contributed by atoms with E-state index in [2.05, 4.69) is 20.9 Å². The number of anilines is 2. The molecule has 0 spiro atoms. The summed E-state index contributed by atoms with van der Waals surface area (Å²) in [7, 11) is -7.06. The molecule has 0 radical (unpaired) electrons. The highest BCUT2D eigenvalue weighted by molar-refractivity contribution is 9.10. The Morgan fingerprint density at radius 3 is 2.37 bits per heavy atom. The van der Waals surface area contributed by atoms with Gasteiger partial charge in [-0.3, -0.25) is 9.69 Å². The third kappa shape index (κ3) is 7.93. The molecule has 0 fully saturated rings. The Bertz CT molecular complexity index is 1880. The molecular weight excluding hydrogens is 754 g/mol.